The fourth-order valence-corrected chi connectivity index (χ4v) is 4.02. The number of nitro groups is 1. The third-order valence-electron chi connectivity index (χ3n) is 4.87. The van der Waals surface area contributed by atoms with Gasteiger partial charge in [0, 0.05) is 33.7 Å². The van der Waals surface area contributed by atoms with Crippen molar-refractivity contribution in [3.05, 3.63) is 86.2 Å². The number of halogens is 1. The van der Waals surface area contributed by atoms with Gasteiger partial charge in [-0.3, -0.25) is 14.9 Å². The van der Waals surface area contributed by atoms with Crippen LogP contribution in [0.4, 0.5) is 5.69 Å². The number of carbonyl (C=O) groups is 2. The summed E-state index contributed by atoms with van der Waals surface area (Å²) in [5.41, 5.74) is 1.25. The molecule has 0 amide bonds. The van der Waals surface area contributed by atoms with Crippen LogP contribution in [0, 0.1) is 24.0 Å². The molecule has 0 aliphatic carbocycles. The number of hydrogen-bond acceptors (Lipinski definition) is 7. The van der Waals surface area contributed by atoms with E-state index in [2.05, 4.69) is 0 Å². The van der Waals surface area contributed by atoms with Gasteiger partial charge in [-0.25, -0.2) is 18.4 Å². The number of benzene rings is 2. The van der Waals surface area contributed by atoms with Crippen molar-refractivity contribution in [2.45, 2.75) is 18.7 Å². The molecule has 3 rings (SSSR count). The van der Waals surface area contributed by atoms with Crippen molar-refractivity contribution in [1.29, 1.82) is 0 Å². The van der Waals surface area contributed by atoms with Crippen molar-refractivity contribution in [3.63, 3.8) is 0 Å². The van der Waals surface area contributed by atoms with E-state index in [9.17, 15) is 28.1 Å². The molecule has 10 nitrogen and oxygen atoms in total. The predicted octanol–water partition coefficient (Wildman–Crippen LogP) is 3.34. The van der Waals surface area contributed by atoms with Crippen LogP contribution in [0.3, 0.4) is 0 Å². The summed E-state index contributed by atoms with van der Waals surface area (Å²) in [6.45, 7) is 2.80. The molecule has 0 atom stereocenters. The van der Waals surface area contributed by atoms with Gasteiger partial charge in [0.2, 0.25) is 15.8 Å². The zero-order valence-corrected chi connectivity index (χ0v) is 19.0. The number of ether oxygens (including phenoxy) is 1. The average molecular weight is 492 g/mol. The molecule has 0 saturated carbocycles. The molecular formula is C21H18ClN3O7S. The summed E-state index contributed by atoms with van der Waals surface area (Å²) >= 11 is 5.74. The molecule has 1 heterocycles. The fraction of sp³-hybridized carbons (Fsp3) is 0.143. The van der Waals surface area contributed by atoms with E-state index < -0.39 is 39.0 Å². The monoisotopic (exact) mass is 491 g/mol. The van der Waals surface area contributed by atoms with Gasteiger partial charge in [0.25, 0.3) is 5.69 Å². The highest BCUT2D eigenvalue weighted by Crippen LogP contribution is 2.25. The van der Waals surface area contributed by atoms with Crippen LogP contribution in [0.2, 0.25) is 5.02 Å². The number of nitrogens with zero attached hydrogens (tertiary/aromatic N) is 2. The van der Waals surface area contributed by atoms with E-state index in [1.54, 1.807) is 36.6 Å². The molecular weight excluding hydrogens is 474 g/mol. The van der Waals surface area contributed by atoms with Crippen LogP contribution in [-0.2, 0) is 14.8 Å². The van der Waals surface area contributed by atoms with Crippen molar-refractivity contribution >= 4 is 39.1 Å². The number of esters is 1. The molecule has 33 heavy (non-hydrogen) atoms. The second-order valence-corrected chi connectivity index (χ2v) is 9.07. The summed E-state index contributed by atoms with van der Waals surface area (Å²) in [7, 11) is -3.84. The Kier molecular flexibility index (Phi) is 6.68. The summed E-state index contributed by atoms with van der Waals surface area (Å²) in [5, 5.41) is 16.4. The van der Waals surface area contributed by atoms with Gasteiger partial charge in [-0.1, -0.05) is 11.6 Å². The standard InChI is InChI=1S/C21H18ClN3O7S/c1-12-9-18(13(2)24(12)15-4-6-16(7-5-15)33(23,30)31)20(26)11-32-21(27)17-8-3-14(22)10-19(17)25(28)29/h3-10H,11H2,1-2H3,(H2,23,30,31). The van der Waals surface area contributed by atoms with Gasteiger partial charge >= 0.3 is 5.97 Å². The van der Waals surface area contributed by atoms with Gasteiger partial charge < -0.3 is 9.30 Å². The number of Topliss-reactive ketones (excluding diaryl/α,β-unsaturated/α-hetero) is 1. The van der Waals surface area contributed by atoms with Crippen molar-refractivity contribution in [1.82, 2.24) is 4.57 Å². The van der Waals surface area contributed by atoms with Crippen LogP contribution in [0.1, 0.15) is 32.1 Å². The van der Waals surface area contributed by atoms with E-state index >= 15 is 0 Å². The molecule has 0 spiro atoms. The molecule has 0 saturated heterocycles. The average Bonchev–Trinajstić information content (AvgIpc) is 3.05. The summed E-state index contributed by atoms with van der Waals surface area (Å²) in [4.78, 5) is 35.4. The van der Waals surface area contributed by atoms with Gasteiger partial charge in [-0.05, 0) is 56.3 Å². The molecule has 0 unspecified atom stereocenters. The topological polar surface area (TPSA) is 152 Å². The third-order valence-corrected chi connectivity index (χ3v) is 6.03. The van der Waals surface area contributed by atoms with E-state index in [1.807, 2.05) is 0 Å². The Morgan fingerprint density at radius 3 is 2.30 bits per heavy atom. The molecule has 12 heteroatoms. The summed E-state index contributed by atoms with van der Waals surface area (Å²) in [6, 6.07) is 10.9. The Labute approximate surface area is 193 Å². The maximum atomic E-state index is 12.7. The first kappa shape index (κ1) is 24.1. The molecule has 172 valence electrons. The minimum absolute atomic E-state index is 0.0479. The number of sulfonamides is 1. The fourth-order valence-electron chi connectivity index (χ4n) is 3.34. The second-order valence-electron chi connectivity index (χ2n) is 7.08. The minimum atomic E-state index is -3.84. The number of aryl methyl sites for hydroxylation is 1. The van der Waals surface area contributed by atoms with Gasteiger partial charge in [-0.2, -0.15) is 0 Å². The third kappa shape index (κ3) is 5.11. The number of primary sulfonamides is 1. The normalized spacial score (nSPS) is 11.3. The number of ketones is 1. The van der Waals surface area contributed by atoms with E-state index in [1.165, 1.54) is 18.2 Å². The number of nitro benzene ring substituents is 1. The molecule has 2 N–H and O–H groups in total. The SMILES string of the molecule is Cc1cc(C(=O)COC(=O)c2ccc(Cl)cc2[N+](=O)[O-])c(C)n1-c1ccc(S(N)(=O)=O)cc1. The van der Waals surface area contributed by atoms with Crippen LogP contribution in [0.5, 0.6) is 0 Å². The highest BCUT2D eigenvalue weighted by atomic mass is 35.5. The van der Waals surface area contributed by atoms with Crippen molar-refractivity contribution < 1.29 is 27.7 Å². The minimum Gasteiger partial charge on any atom is -0.454 e. The van der Waals surface area contributed by atoms with Crippen molar-refractivity contribution in [2.24, 2.45) is 5.14 Å². The zero-order valence-electron chi connectivity index (χ0n) is 17.4. The maximum absolute atomic E-state index is 12.7. The summed E-state index contributed by atoms with van der Waals surface area (Å²) in [6.07, 6.45) is 0. The lowest BCUT2D eigenvalue weighted by Gasteiger charge is -2.11. The maximum Gasteiger partial charge on any atom is 0.345 e. The quantitative estimate of drug-likeness (QED) is 0.230. The number of carbonyl (C=O) groups excluding carboxylic acids is 2. The number of nitrogens with two attached hydrogens (primary N) is 1. The largest absolute Gasteiger partial charge is 0.454 e. The number of aromatic nitrogens is 1. The first-order valence-electron chi connectivity index (χ1n) is 9.36. The van der Waals surface area contributed by atoms with Gasteiger partial charge in [0.05, 0.1) is 9.82 Å². The van der Waals surface area contributed by atoms with Crippen molar-refractivity contribution in [2.75, 3.05) is 6.61 Å². The smallest absolute Gasteiger partial charge is 0.345 e. The molecule has 0 radical (unpaired) electrons. The highest BCUT2D eigenvalue weighted by molar-refractivity contribution is 7.89. The lowest BCUT2D eigenvalue weighted by Crippen LogP contribution is -2.16. The van der Waals surface area contributed by atoms with E-state index in [4.69, 9.17) is 21.5 Å². The highest BCUT2D eigenvalue weighted by Gasteiger charge is 2.24. The first-order chi connectivity index (χ1) is 15.4. The Bertz CT molecular complexity index is 1380. The molecule has 0 aliphatic heterocycles. The first-order valence-corrected chi connectivity index (χ1v) is 11.3. The van der Waals surface area contributed by atoms with Gasteiger partial charge in [-0.15, -0.1) is 0 Å². The van der Waals surface area contributed by atoms with Gasteiger partial charge in [0.1, 0.15) is 5.56 Å². The summed E-state index contributed by atoms with van der Waals surface area (Å²) in [5.74, 6) is -1.54. The number of rotatable bonds is 7. The molecule has 0 bridgehead atoms. The molecule has 3 aromatic rings. The molecule has 2 aromatic carbocycles. The molecule has 0 aliphatic rings. The lowest BCUT2D eigenvalue weighted by molar-refractivity contribution is -0.385. The van der Waals surface area contributed by atoms with Crippen LogP contribution in [-0.4, -0.2) is 36.3 Å². The van der Waals surface area contributed by atoms with Crippen LogP contribution in [0.15, 0.2) is 53.4 Å². The van der Waals surface area contributed by atoms with E-state index in [0.29, 0.717) is 17.1 Å². The number of hydrogen-bond donors (Lipinski definition) is 1. The molecule has 1 aromatic heterocycles. The molecule has 0 fully saturated rings. The van der Waals surface area contributed by atoms with E-state index in [0.717, 1.165) is 12.1 Å². The zero-order chi connectivity index (χ0) is 24.5. The Hall–Kier alpha value is -3.54. The Morgan fingerprint density at radius 1 is 1.09 bits per heavy atom. The van der Waals surface area contributed by atoms with Gasteiger partial charge in [0.15, 0.2) is 6.61 Å². The lowest BCUT2D eigenvalue weighted by atomic mass is 10.1. The Balaban J connectivity index is 1.81. The summed E-state index contributed by atoms with van der Waals surface area (Å²) < 4.78 is 29.6. The second kappa shape index (κ2) is 9.14. The van der Waals surface area contributed by atoms with E-state index in [-0.39, 0.29) is 21.0 Å². The predicted molar refractivity (Wildman–Crippen MR) is 119 cm³/mol. The van der Waals surface area contributed by atoms with Crippen molar-refractivity contribution in [3.8, 4) is 5.69 Å². The van der Waals surface area contributed by atoms with Crippen LogP contribution < -0.4 is 5.14 Å². The van der Waals surface area contributed by atoms with Crippen LogP contribution >= 0.6 is 11.6 Å². The Morgan fingerprint density at radius 2 is 1.73 bits per heavy atom. The van der Waals surface area contributed by atoms with Crippen LogP contribution in [0.25, 0.3) is 5.69 Å².